The van der Waals surface area contributed by atoms with Gasteiger partial charge in [0.05, 0.1) is 17.3 Å². The molecule has 0 bridgehead atoms. The highest BCUT2D eigenvalue weighted by Gasteiger charge is 2.31. The van der Waals surface area contributed by atoms with E-state index in [0.29, 0.717) is 23.8 Å². The van der Waals surface area contributed by atoms with Gasteiger partial charge >= 0.3 is 0 Å². The molecule has 1 fully saturated rings. The van der Waals surface area contributed by atoms with Gasteiger partial charge in [-0.25, -0.2) is 9.97 Å². The van der Waals surface area contributed by atoms with Crippen molar-refractivity contribution in [2.24, 2.45) is 0 Å². The second-order valence-corrected chi connectivity index (χ2v) is 7.98. The zero-order chi connectivity index (χ0) is 22.5. The molecule has 1 saturated heterocycles. The summed E-state index contributed by atoms with van der Waals surface area (Å²) in [7, 11) is 0. The monoisotopic (exact) mass is 436 g/mol. The van der Waals surface area contributed by atoms with Gasteiger partial charge in [-0.2, -0.15) is 0 Å². The third kappa shape index (κ3) is 4.72. The summed E-state index contributed by atoms with van der Waals surface area (Å²) in [4.78, 5) is 33.3. The number of hydrogen-bond acceptors (Lipinski definition) is 6. The SMILES string of the molecule is O=C(c1cccnc1)N1CCCCC1c1nc(Nc2ccccc2)cc(-c2cccnc2)n1. The highest BCUT2D eigenvalue weighted by atomic mass is 16.2. The van der Waals surface area contributed by atoms with Crippen LogP contribution in [0, 0.1) is 0 Å². The van der Waals surface area contributed by atoms with Crippen LogP contribution in [0.15, 0.2) is 85.5 Å². The molecular formula is C26H24N6O. The summed E-state index contributed by atoms with van der Waals surface area (Å²) in [5.74, 6) is 1.27. The van der Waals surface area contributed by atoms with Crippen LogP contribution < -0.4 is 5.32 Å². The summed E-state index contributed by atoms with van der Waals surface area (Å²) in [6, 6.07) is 19.1. The van der Waals surface area contributed by atoms with E-state index in [4.69, 9.17) is 9.97 Å². The minimum Gasteiger partial charge on any atom is -0.340 e. The summed E-state index contributed by atoms with van der Waals surface area (Å²) in [6.45, 7) is 0.667. The Morgan fingerprint density at radius 2 is 1.73 bits per heavy atom. The number of hydrogen-bond donors (Lipinski definition) is 1. The van der Waals surface area contributed by atoms with Crippen molar-refractivity contribution in [3.8, 4) is 11.3 Å². The third-order valence-corrected chi connectivity index (χ3v) is 5.72. The Morgan fingerprint density at radius 1 is 0.909 bits per heavy atom. The fourth-order valence-corrected chi connectivity index (χ4v) is 4.11. The molecule has 1 amide bonds. The number of para-hydroxylation sites is 1. The Morgan fingerprint density at radius 3 is 2.48 bits per heavy atom. The number of anilines is 2. The molecule has 0 spiro atoms. The predicted molar refractivity (Wildman–Crippen MR) is 127 cm³/mol. The Hall–Kier alpha value is -4.13. The zero-order valence-corrected chi connectivity index (χ0v) is 18.1. The first-order valence-electron chi connectivity index (χ1n) is 11.1. The van der Waals surface area contributed by atoms with Crippen molar-refractivity contribution in [1.29, 1.82) is 0 Å². The van der Waals surface area contributed by atoms with Crippen LogP contribution >= 0.6 is 0 Å². The summed E-state index contributed by atoms with van der Waals surface area (Å²) in [5.41, 5.74) is 3.19. The van der Waals surface area contributed by atoms with Gasteiger partial charge in [0.1, 0.15) is 5.82 Å². The number of carbonyl (C=O) groups excluding carboxylic acids is 1. The Balaban J connectivity index is 1.55. The topological polar surface area (TPSA) is 83.9 Å². The number of aromatic nitrogens is 4. The van der Waals surface area contributed by atoms with Crippen LogP contribution in [-0.4, -0.2) is 37.3 Å². The first-order chi connectivity index (χ1) is 16.3. The fourth-order valence-electron chi connectivity index (χ4n) is 4.11. The molecule has 5 rings (SSSR count). The van der Waals surface area contributed by atoms with Crippen LogP contribution in [-0.2, 0) is 0 Å². The molecule has 7 heteroatoms. The summed E-state index contributed by atoms with van der Waals surface area (Å²) < 4.78 is 0. The van der Waals surface area contributed by atoms with E-state index in [-0.39, 0.29) is 11.9 Å². The summed E-state index contributed by atoms with van der Waals surface area (Å²) in [6.07, 6.45) is 9.61. The van der Waals surface area contributed by atoms with Gasteiger partial charge in [-0.1, -0.05) is 18.2 Å². The van der Waals surface area contributed by atoms with E-state index in [1.54, 1.807) is 36.9 Å². The molecule has 1 atom stereocenters. The first kappa shape index (κ1) is 20.8. The molecule has 4 aromatic rings. The molecule has 4 heterocycles. The molecule has 1 aromatic carbocycles. The van der Waals surface area contributed by atoms with Gasteiger partial charge in [0.2, 0.25) is 0 Å². The van der Waals surface area contributed by atoms with E-state index in [9.17, 15) is 4.79 Å². The van der Waals surface area contributed by atoms with Gasteiger partial charge in [0, 0.05) is 48.6 Å². The second-order valence-electron chi connectivity index (χ2n) is 7.98. The number of amides is 1. The van der Waals surface area contributed by atoms with Crippen LogP contribution in [0.3, 0.4) is 0 Å². The van der Waals surface area contributed by atoms with Crippen LogP contribution in [0.1, 0.15) is 41.5 Å². The van der Waals surface area contributed by atoms with E-state index >= 15 is 0 Å². The fraction of sp³-hybridized carbons (Fsp3) is 0.192. The molecule has 0 radical (unpaired) electrons. The standard InChI is InChI=1S/C26H24N6O/c33-26(20-9-7-14-28-18-20)32-15-5-4-12-23(32)25-30-22(19-8-6-13-27-17-19)16-24(31-25)29-21-10-2-1-3-11-21/h1-3,6-11,13-14,16-18,23H,4-5,12,15H2,(H,29,30,31). The number of carbonyl (C=O) groups is 1. The Kier molecular flexibility index (Phi) is 6.01. The van der Waals surface area contributed by atoms with Crippen molar-refractivity contribution in [1.82, 2.24) is 24.8 Å². The number of likely N-dealkylation sites (tertiary alicyclic amines) is 1. The number of nitrogens with one attached hydrogen (secondary N) is 1. The average Bonchev–Trinajstić information content (AvgIpc) is 2.90. The molecular weight excluding hydrogens is 412 g/mol. The lowest BCUT2D eigenvalue weighted by Gasteiger charge is -2.35. The van der Waals surface area contributed by atoms with Gasteiger partial charge in [-0.05, 0) is 55.7 Å². The van der Waals surface area contributed by atoms with E-state index in [1.165, 1.54) is 0 Å². The molecule has 1 aliphatic rings. The van der Waals surface area contributed by atoms with E-state index in [2.05, 4.69) is 15.3 Å². The number of rotatable bonds is 5. The van der Waals surface area contributed by atoms with Gasteiger partial charge in [-0.3, -0.25) is 14.8 Å². The van der Waals surface area contributed by atoms with E-state index in [1.807, 2.05) is 53.4 Å². The molecule has 1 N–H and O–H groups in total. The van der Waals surface area contributed by atoms with Crippen molar-refractivity contribution in [2.45, 2.75) is 25.3 Å². The second kappa shape index (κ2) is 9.56. The van der Waals surface area contributed by atoms with Gasteiger partial charge < -0.3 is 10.2 Å². The maximum absolute atomic E-state index is 13.3. The van der Waals surface area contributed by atoms with Crippen LogP contribution in [0.25, 0.3) is 11.3 Å². The molecule has 0 aliphatic carbocycles. The quantitative estimate of drug-likeness (QED) is 0.472. The van der Waals surface area contributed by atoms with Crippen molar-refractivity contribution >= 4 is 17.4 Å². The third-order valence-electron chi connectivity index (χ3n) is 5.72. The van der Waals surface area contributed by atoms with Crippen LogP contribution in [0.4, 0.5) is 11.5 Å². The van der Waals surface area contributed by atoms with Crippen molar-refractivity contribution in [3.63, 3.8) is 0 Å². The highest BCUT2D eigenvalue weighted by Crippen LogP contribution is 2.33. The van der Waals surface area contributed by atoms with Crippen LogP contribution in [0.2, 0.25) is 0 Å². The van der Waals surface area contributed by atoms with E-state index in [0.717, 1.165) is 36.2 Å². The Bertz CT molecular complexity index is 1220. The molecule has 0 saturated carbocycles. The predicted octanol–water partition coefficient (Wildman–Crippen LogP) is 5.04. The maximum atomic E-state index is 13.3. The largest absolute Gasteiger partial charge is 0.340 e. The molecule has 1 unspecified atom stereocenters. The molecule has 164 valence electrons. The molecule has 1 aliphatic heterocycles. The number of piperidine rings is 1. The average molecular weight is 437 g/mol. The first-order valence-corrected chi connectivity index (χ1v) is 11.1. The normalized spacial score (nSPS) is 15.8. The summed E-state index contributed by atoms with van der Waals surface area (Å²) >= 11 is 0. The molecule has 3 aromatic heterocycles. The number of benzene rings is 1. The maximum Gasteiger partial charge on any atom is 0.256 e. The summed E-state index contributed by atoms with van der Waals surface area (Å²) in [5, 5.41) is 3.38. The minimum atomic E-state index is -0.209. The molecule has 33 heavy (non-hydrogen) atoms. The molecule has 7 nitrogen and oxygen atoms in total. The highest BCUT2D eigenvalue weighted by molar-refractivity contribution is 5.94. The van der Waals surface area contributed by atoms with Crippen molar-refractivity contribution in [2.75, 3.05) is 11.9 Å². The lowest BCUT2D eigenvalue weighted by molar-refractivity contribution is 0.0599. The van der Waals surface area contributed by atoms with Crippen molar-refractivity contribution < 1.29 is 4.79 Å². The van der Waals surface area contributed by atoms with Gasteiger partial charge in [0.25, 0.3) is 5.91 Å². The number of pyridine rings is 2. The van der Waals surface area contributed by atoms with Gasteiger partial charge in [-0.15, -0.1) is 0 Å². The zero-order valence-electron chi connectivity index (χ0n) is 18.1. The van der Waals surface area contributed by atoms with Crippen molar-refractivity contribution in [3.05, 3.63) is 96.8 Å². The Labute approximate surface area is 192 Å². The van der Waals surface area contributed by atoms with Crippen LogP contribution in [0.5, 0.6) is 0 Å². The van der Waals surface area contributed by atoms with Gasteiger partial charge in [0.15, 0.2) is 5.82 Å². The smallest absolute Gasteiger partial charge is 0.256 e. The lowest BCUT2D eigenvalue weighted by atomic mass is 10.00. The van der Waals surface area contributed by atoms with E-state index < -0.39 is 0 Å². The minimum absolute atomic E-state index is 0.0410. The number of nitrogens with zero attached hydrogens (tertiary/aromatic N) is 5. The lowest BCUT2D eigenvalue weighted by Crippen LogP contribution is -2.39.